The zero-order valence-corrected chi connectivity index (χ0v) is 26.4. The van der Waals surface area contributed by atoms with Crippen molar-refractivity contribution in [2.75, 3.05) is 4.90 Å². The topological polar surface area (TPSA) is 29.5 Å². The van der Waals surface area contributed by atoms with Crippen LogP contribution in [0.15, 0.2) is 136 Å². The van der Waals surface area contributed by atoms with Gasteiger partial charge in [0.2, 0.25) is 0 Å². The fraction of sp³-hybridized carbons (Fsp3) is 0.116. The predicted molar refractivity (Wildman–Crippen MR) is 194 cm³/mol. The van der Waals surface area contributed by atoms with Crippen molar-refractivity contribution >= 4 is 82.5 Å². The fourth-order valence-corrected chi connectivity index (χ4v) is 7.20. The molecule has 0 saturated carbocycles. The summed E-state index contributed by atoms with van der Waals surface area (Å²) in [7, 11) is 0. The van der Waals surface area contributed by atoms with E-state index >= 15 is 0 Å². The lowest BCUT2D eigenvalue weighted by Crippen LogP contribution is -2.11. The molecule has 0 fully saturated rings. The molecule has 0 amide bonds. The van der Waals surface area contributed by atoms with Gasteiger partial charge in [-0.05, 0) is 65.1 Å². The maximum Gasteiger partial charge on any atom is 0.159 e. The average molecular weight is 596 g/mol. The first-order valence-electron chi connectivity index (χ1n) is 15.9. The summed E-state index contributed by atoms with van der Waals surface area (Å²) in [4.78, 5) is 2.37. The molecule has 0 radical (unpaired) electrons. The summed E-state index contributed by atoms with van der Waals surface area (Å²) in [6.07, 6.45) is 0. The lowest BCUT2D eigenvalue weighted by Gasteiger charge is -2.27. The van der Waals surface area contributed by atoms with Crippen molar-refractivity contribution in [2.24, 2.45) is 0 Å². The van der Waals surface area contributed by atoms with E-state index < -0.39 is 0 Å². The van der Waals surface area contributed by atoms with Gasteiger partial charge in [0.15, 0.2) is 5.58 Å². The molecule has 0 atom stereocenters. The lowest BCUT2D eigenvalue weighted by molar-refractivity contribution is 0.573. The highest BCUT2D eigenvalue weighted by Crippen LogP contribution is 2.48. The summed E-state index contributed by atoms with van der Waals surface area (Å²) >= 11 is 0. The van der Waals surface area contributed by atoms with E-state index in [-0.39, 0.29) is 5.41 Å². The molecule has 2 heterocycles. The quantitative estimate of drug-likeness (QED) is 0.203. The first-order valence-corrected chi connectivity index (χ1v) is 15.9. The average Bonchev–Trinajstić information content (AvgIpc) is 3.62. The molecule has 0 unspecified atom stereocenters. The fourth-order valence-electron chi connectivity index (χ4n) is 7.20. The van der Waals surface area contributed by atoms with Gasteiger partial charge in [-0.25, -0.2) is 0 Å². The summed E-state index contributed by atoms with van der Waals surface area (Å²) in [5.41, 5.74) is 9.13. The van der Waals surface area contributed by atoms with E-state index in [0.29, 0.717) is 0 Å². The van der Waals surface area contributed by atoms with Gasteiger partial charge >= 0.3 is 0 Å². The van der Waals surface area contributed by atoms with Crippen LogP contribution in [0.2, 0.25) is 0 Å². The number of para-hydroxylation sites is 2. The number of furan rings is 2. The first kappa shape index (κ1) is 26.8. The monoisotopic (exact) mass is 595 g/mol. The molecule has 7 aromatic carbocycles. The van der Waals surface area contributed by atoms with Crippen LogP contribution in [-0.4, -0.2) is 0 Å². The molecule has 0 bridgehead atoms. The van der Waals surface area contributed by atoms with Crippen molar-refractivity contribution in [1.82, 2.24) is 0 Å². The molecular formula is C43H33NO2. The second-order valence-electron chi connectivity index (χ2n) is 13.5. The van der Waals surface area contributed by atoms with Crippen LogP contribution < -0.4 is 4.90 Å². The Morgan fingerprint density at radius 3 is 1.91 bits per heavy atom. The number of fused-ring (bicyclic) bond motifs is 9. The van der Waals surface area contributed by atoms with E-state index in [1.807, 2.05) is 0 Å². The molecule has 0 aliphatic heterocycles. The van der Waals surface area contributed by atoms with Crippen LogP contribution in [0.25, 0.3) is 65.4 Å². The molecule has 0 aliphatic carbocycles. The second kappa shape index (κ2) is 9.73. The molecule has 2 aromatic heterocycles. The van der Waals surface area contributed by atoms with Crippen molar-refractivity contribution in [1.29, 1.82) is 0 Å². The highest BCUT2D eigenvalue weighted by molar-refractivity contribution is 6.22. The van der Waals surface area contributed by atoms with Gasteiger partial charge in [-0.2, -0.15) is 0 Å². The molecule has 0 spiro atoms. The van der Waals surface area contributed by atoms with Gasteiger partial charge < -0.3 is 13.7 Å². The maximum absolute atomic E-state index is 6.94. The van der Waals surface area contributed by atoms with Gasteiger partial charge in [0.25, 0.3) is 0 Å². The van der Waals surface area contributed by atoms with Crippen molar-refractivity contribution in [3.05, 3.63) is 139 Å². The number of aryl methyl sites for hydroxylation is 1. The lowest BCUT2D eigenvalue weighted by atomic mass is 9.86. The van der Waals surface area contributed by atoms with Gasteiger partial charge in [-0.1, -0.05) is 112 Å². The van der Waals surface area contributed by atoms with Gasteiger partial charge in [0.05, 0.1) is 11.4 Å². The number of nitrogens with zero attached hydrogens (tertiary/aromatic N) is 1. The molecule has 3 heteroatoms. The smallest absolute Gasteiger partial charge is 0.159 e. The number of hydrogen-bond donors (Lipinski definition) is 0. The summed E-state index contributed by atoms with van der Waals surface area (Å²) in [6, 6.07) is 45.6. The maximum atomic E-state index is 6.94. The third kappa shape index (κ3) is 3.98. The Bertz CT molecular complexity index is 2650. The Balaban J connectivity index is 1.41. The van der Waals surface area contributed by atoms with Crippen molar-refractivity contribution in [2.45, 2.75) is 33.1 Å². The Labute approximate surface area is 267 Å². The zero-order chi connectivity index (χ0) is 31.2. The third-order valence-corrected chi connectivity index (χ3v) is 9.38. The SMILES string of the molecule is Cc1cccc(N(c2cc3c4cc5ccccc5cc4oc3c3ccccc23)c2cccc3c2oc2c(C(C)(C)C)cccc23)c1. The normalized spacial score (nSPS) is 12.3. The van der Waals surface area contributed by atoms with E-state index in [9.17, 15) is 0 Å². The van der Waals surface area contributed by atoms with Crippen molar-refractivity contribution in [3.63, 3.8) is 0 Å². The first-order chi connectivity index (χ1) is 22.3. The van der Waals surface area contributed by atoms with Crippen molar-refractivity contribution in [3.8, 4) is 0 Å². The minimum Gasteiger partial charge on any atom is -0.455 e. The second-order valence-corrected chi connectivity index (χ2v) is 13.5. The van der Waals surface area contributed by atoms with Gasteiger partial charge in [-0.15, -0.1) is 0 Å². The van der Waals surface area contributed by atoms with Crippen LogP contribution in [0.4, 0.5) is 17.1 Å². The van der Waals surface area contributed by atoms with Crippen molar-refractivity contribution < 1.29 is 8.83 Å². The number of anilines is 3. The summed E-state index contributed by atoms with van der Waals surface area (Å²) < 4.78 is 13.6. The minimum absolute atomic E-state index is 0.0580. The van der Waals surface area contributed by atoms with E-state index in [1.54, 1.807) is 0 Å². The molecule has 0 saturated heterocycles. The highest BCUT2D eigenvalue weighted by Gasteiger charge is 2.26. The zero-order valence-electron chi connectivity index (χ0n) is 26.4. The Morgan fingerprint density at radius 2 is 1.13 bits per heavy atom. The molecule has 222 valence electrons. The Hall–Kier alpha value is -5.54. The van der Waals surface area contributed by atoms with E-state index in [0.717, 1.165) is 71.7 Å². The van der Waals surface area contributed by atoms with Gasteiger partial charge in [-0.3, -0.25) is 0 Å². The Morgan fingerprint density at radius 1 is 0.478 bits per heavy atom. The van der Waals surface area contributed by atoms with Gasteiger partial charge in [0, 0.05) is 43.6 Å². The van der Waals surface area contributed by atoms with E-state index in [2.05, 4.69) is 160 Å². The molecule has 9 rings (SSSR count). The number of rotatable bonds is 3. The highest BCUT2D eigenvalue weighted by atomic mass is 16.3. The minimum atomic E-state index is -0.0580. The van der Waals surface area contributed by atoms with Gasteiger partial charge in [0.1, 0.15) is 16.7 Å². The molecule has 9 aromatic rings. The molecule has 3 nitrogen and oxygen atoms in total. The van der Waals surface area contributed by atoms with E-state index in [4.69, 9.17) is 8.83 Å². The summed E-state index contributed by atoms with van der Waals surface area (Å²) in [5.74, 6) is 0. The van der Waals surface area contributed by atoms with E-state index in [1.165, 1.54) is 21.9 Å². The Kier molecular flexibility index (Phi) is 5.67. The van der Waals surface area contributed by atoms with Crippen LogP contribution in [-0.2, 0) is 5.41 Å². The summed E-state index contributed by atoms with van der Waals surface area (Å²) in [6.45, 7) is 8.88. The number of hydrogen-bond acceptors (Lipinski definition) is 3. The van der Waals surface area contributed by atoms with Crippen LogP contribution in [0.1, 0.15) is 31.9 Å². The number of benzene rings is 7. The molecule has 46 heavy (non-hydrogen) atoms. The largest absolute Gasteiger partial charge is 0.455 e. The van der Waals surface area contributed by atoms with Crippen LogP contribution >= 0.6 is 0 Å². The molecular weight excluding hydrogens is 562 g/mol. The van der Waals surface area contributed by atoms with Crippen LogP contribution in [0.5, 0.6) is 0 Å². The summed E-state index contributed by atoms with van der Waals surface area (Å²) in [5, 5.41) is 9.03. The molecule has 0 aliphatic rings. The molecule has 0 N–H and O–H groups in total. The standard InChI is InChI=1S/C43H33NO2/c1-26-12-9-15-29(22-26)44(37-21-11-19-33-32-18-10-20-36(43(2,3)4)41(32)46-42(33)37)38-25-35-34-23-27-13-5-6-14-28(27)24-39(34)45-40(35)31-17-8-7-16-30(31)38/h5-25H,1-4H3. The van der Waals surface area contributed by atoms with Crippen LogP contribution in [0, 0.1) is 6.92 Å². The predicted octanol–water partition coefficient (Wildman–Crippen LogP) is 12.9. The van der Waals surface area contributed by atoms with Crippen LogP contribution in [0.3, 0.4) is 0 Å². The third-order valence-electron chi connectivity index (χ3n) is 9.38.